The number of benzene rings is 2. The van der Waals surface area contributed by atoms with Gasteiger partial charge in [-0.05, 0) is 73.5 Å². The second kappa shape index (κ2) is 9.44. The van der Waals surface area contributed by atoms with Crippen molar-refractivity contribution in [3.05, 3.63) is 90.4 Å². The maximum Gasteiger partial charge on any atom is 0.256 e. The molecule has 0 saturated carbocycles. The zero-order valence-electron chi connectivity index (χ0n) is 18.9. The number of hydrogen-bond acceptors (Lipinski definition) is 3. The molecule has 1 aromatic heterocycles. The molecule has 170 valence electrons. The molecule has 2 saturated heterocycles. The quantitative estimate of drug-likeness (QED) is 0.513. The zero-order chi connectivity index (χ0) is 22.8. The molecule has 5 heteroatoms. The Hall–Kier alpha value is -3.05. The van der Waals surface area contributed by atoms with Gasteiger partial charge in [-0.3, -0.25) is 9.78 Å². The number of carbonyl (C=O) groups excluding carboxylic acids is 1. The number of amides is 1. The maximum atomic E-state index is 13.4. The molecule has 3 heterocycles. The molecule has 1 amide bonds. The van der Waals surface area contributed by atoms with Crippen molar-refractivity contribution in [2.45, 2.75) is 18.8 Å². The minimum Gasteiger partial charge on any atom is -0.338 e. The number of aromatic nitrogens is 1. The second-order valence-corrected chi connectivity index (χ2v) is 9.38. The number of piperidine rings is 1. The third kappa shape index (κ3) is 4.55. The topological polar surface area (TPSA) is 36.4 Å². The van der Waals surface area contributed by atoms with Crippen LogP contribution in [0.5, 0.6) is 0 Å². The molecule has 2 fully saturated rings. The Kier molecular flexibility index (Phi) is 6.23. The Morgan fingerprint density at radius 3 is 2.58 bits per heavy atom. The number of likely N-dealkylation sites (tertiary alicyclic amines) is 2. The van der Waals surface area contributed by atoms with Crippen LogP contribution >= 0.6 is 0 Å². The number of carbonyl (C=O) groups is 1. The Morgan fingerprint density at radius 1 is 1.06 bits per heavy atom. The first-order valence-corrected chi connectivity index (χ1v) is 11.9. The molecule has 0 radical (unpaired) electrons. The lowest BCUT2D eigenvalue weighted by Crippen LogP contribution is -2.38. The van der Waals surface area contributed by atoms with E-state index in [1.54, 1.807) is 18.3 Å². The number of fused-ring (bicyclic) bond motifs is 1. The first-order chi connectivity index (χ1) is 16.1. The maximum absolute atomic E-state index is 13.4. The Bertz CT molecular complexity index is 1130. The van der Waals surface area contributed by atoms with Crippen LogP contribution in [-0.2, 0) is 0 Å². The Balaban J connectivity index is 1.22. The monoisotopic (exact) mass is 443 g/mol. The first-order valence-electron chi connectivity index (χ1n) is 11.9. The van der Waals surface area contributed by atoms with E-state index in [4.69, 9.17) is 0 Å². The summed E-state index contributed by atoms with van der Waals surface area (Å²) >= 11 is 0. The molecule has 3 aromatic rings. The van der Waals surface area contributed by atoms with E-state index in [-0.39, 0.29) is 11.7 Å². The van der Waals surface area contributed by atoms with E-state index in [1.165, 1.54) is 5.56 Å². The average Bonchev–Trinajstić information content (AvgIpc) is 3.27. The molecule has 2 aromatic carbocycles. The molecule has 1 unspecified atom stereocenters. The molecule has 0 spiro atoms. The van der Waals surface area contributed by atoms with Gasteiger partial charge < -0.3 is 9.80 Å². The minimum absolute atomic E-state index is 0.0590. The predicted molar refractivity (Wildman–Crippen MR) is 130 cm³/mol. The van der Waals surface area contributed by atoms with Crippen molar-refractivity contribution in [3.8, 4) is 0 Å². The van der Waals surface area contributed by atoms with Gasteiger partial charge in [0, 0.05) is 31.2 Å². The van der Waals surface area contributed by atoms with Gasteiger partial charge in [0.1, 0.15) is 5.82 Å². The molecule has 33 heavy (non-hydrogen) atoms. The smallest absolute Gasteiger partial charge is 0.256 e. The molecule has 0 N–H and O–H groups in total. The van der Waals surface area contributed by atoms with Crippen LogP contribution in [0.2, 0.25) is 0 Å². The fourth-order valence-electron chi connectivity index (χ4n) is 5.49. The van der Waals surface area contributed by atoms with E-state index in [0.29, 0.717) is 29.9 Å². The molecule has 0 aliphatic carbocycles. The zero-order valence-corrected chi connectivity index (χ0v) is 18.9. The van der Waals surface area contributed by atoms with Gasteiger partial charge in [-0.1, -0.05) is 36.4 Å². The molecule has 5 rings (SSSR count). The average molecular weight is 444 g/mol. The summed E-state index contributed by atoms with van der Waals surface area (Å²) in [4.78, 5) is 22.4. The lowest BCUT2D eigenvalue weighted by atomic mass is 9.88. The highest BCUT2D eigenvalue weighted by Crippen LogP contribution is 2.32. The van der Waals surface area contributed by atoms with Crippen LogP contribution in [0.15, 0.2) is 73.4 Å². The van der Waals surface area contributed by atoms with Gasteiger partial charge in [-0.15, -0.1) is 6.58 Å². The van der Waals surface area contributed by atoms with Crippen molar-refractivity contribution in [2.24, 2.45) is 11.8 Å². The highest BCUT2D eigenvalue weighted by molar-refractivity contribution is 6.05. The van der Waals surface area contributed by atoms with Crippen LogP contribution in [0.4, 0.5) is 4.39 Å². The standard InChI is InChI=1S/C28H30FN3O/c1-2-20-18-32(28(33)26-7-3-5-23-6-4-14-30-27(23)26)19-24(20)17-31-15-12-22(13-16-31)21-8-10-25(29)11-9-21/h2-11,14,20,22,24H,1,12-13,15-19H2/t20-,24?/m1/s1. The largest absolute Gasteiger partial charge is 0.338 e. The third-order valence-electron chi connectivity index (χ3n) is 7.37. The van der Waals surface area contributed by atoms with Gasteiger partial charge in [0.25, 0.3) is 5.91 Å². The van der Waals surface area contributed by atoms with E-state index in [2.05, 4.69) is 16.5 Å². The number of rotatable bonds is 5. The molecule has 2 aliphatic heterocycles. The van der Waals surface area contributed by atoms with E-state index >= 15 is 0 Å². The third-order valence-corrected chi connectivity index (χ3v) is 7.37. The summed E-state index contributed by atoms with van der Waals surface area (Å²) < 4.78 is 13.2. The fraction of sp³-hybridized carbons (Fsp3) is 0.357. The molecular weight excluding hydrogens is 413 g/mol. The summed E-state index contributed by atoms with van der Waals surface area (Å²) in [6.45, 7) is 8.56. The summed E-state index contributed by atoms with van der Waals surface area (Å²) in [5.74, 6) is 1.07. The van der Waals surface area contributed by atoms with Gasteiger partial charge in [0.2, 0.25) is 0 Å². The van der Waals surface area contributed by atoms with E-state index in [9.17, 15) is 9.18 Å². The van der Waals surface area contributed by atoms with Crippen LogP contribution in [0.25, 0.3) is 10.9 Å². The Labute approximate surface area is 194 Å². The molecule has 0 bridgehead atoms. The summed E-state index contributed by atoms with van der Waals surface area (Å²) in [6.07, 6.45) is 5.93. The number of hydrogen-bond donors (Lipinski definition) is 0. The SMILES string of the molecule is C=C[C@@H]1CN(C(=O)c2cccc3cccnc23)CC1CN1CCC(c2ccc(F)cc2)CC1. The van der Waals surface area contributed by atoms with Crippen molar-refractivity contribution in [3.63, 3.8) is 0 Å². The lowest BCUT2D eigenvalue weighted by molar-refractivity contribution is 0.0782. The van der Waals surface area contributed by atoms with Crippen LogP contribution in [0, 0.1) is 17.7 Å². The van der Waals surface area contributed by atoms with E-state index < -0.39 is 0 Å². The van der Waals surface area contributed by atoms with Crippen LogP contribution in [0.3, 0.4) is 0 Å². The fourth-order valence-corrected chi connectivity index (χ4v) is 5.49. The van der Waals surface area contributed by atoms with Gasteiger partial charge in [-0.2, -0.15) is 0 Å². The van der Waals surface area contributed by atoms with Crippen molar-refractivity contribution < 1.29 is 9.18 Å². The number of nitrogens with zero attached hydrogens (tertiary/aromatic N) is 3. The predicted octanol–water partition coefficient (Wildman–Crippen LogP) is 5.13. The number of halogens is 1. The first kappa shape index (κ1) is 21.8. The highest BCUT2D eigenvalue weighted by atomic mass is 19.1. The number of para-hydroxylation sites is 1. The minimum atomic E-state index is -0.175. The summed E-state index contributed by atoms with van der Waals surface area (Å²) in [7, 11) is 0. The normalized spacial score (nSPS) is 22.0. The van der Waals surface area contributed by atoms with Gasteiger partial charge >= 0.3 is 0 Å². The summed E-state index contributed by atoms with van der Waals surface area (Å²) in [5.41, 5.74) is 2.68. The highest BCUT2D eigenvalue weighted by Gasteiger charge is 2.36. The second-order valence-electron chi connectivity index (χ2n) is 9.38. The van der Waals surface area contributed by atoms with Crippen LogP contribution in [-0.4, -0.2) is 53.4 Å². The van der Waals surface area contributed by atoms with E-state index in [0.717, 1.165) is 49.9 Å². The Morgan fingerprint density at radius 2 is 1.82 bits per heavy atom. The van der Waals surface area contributed by atoms with Crippen molar-refractivity contribution in [1.82, 2.24) is 14.8 Å². The van der Waals surface area contributed by atoms with Gasteiger partial charge in [-0.25, -0.2) is 4.39 Å². The van der Waals surface area contributed by atoms with Crippen molar-refractivity contribution in [1.29, 1.82) is 0 Å². The van der Waals surface area contributed by atoms with Crippen LogP contribution < -0.4 is 0 Å². The number of pyridine rings is 1. The van der Waals surface area contributed by atoms with Gasteiger partial charge in [0.15, 0.2) is 0 Å². The van der Waals surface area contributed by atoms with E-state index in [1.807, 2.05) is 53.4 Å². The van der Waals surface area contributed by atoms with Crippen molar-refractivity contribution >= 4 is 16.8 Å². The lowest BCUT2D eigenvalue weighted by Gasteiger charge is -2.34. The molecular formula is C28H30FN3O. The summed E-state index contributed by atoms with van der Waals surface area (Å²) in [6, 6.07) is 16.7. The van der Waals surface area contributed by atoms with Crippen molar-refractivity contribution in [2.75, 3.05) is 32.7 Å². The molecule has 2 atom stereocenters. The summed E-state index contributed by atoms with van der Waals surface area (Å²) in [5, 5.41) is 0.989. The van der Waals surface area contributed by atoms with Crippen LogP contribution in [0.1, 0.15) is 34.7 Å². The van der Waals surface area contributed by atoms with Gasteiger partial charge in [0.05, 0.1) is 11.1 Å². The molecule has 2 aliphatic rings. The molecule has 4 nitrogen and oxygen atoms in total.